The fourth-order valence-corrected chi connectivity index (χ4v) is 0.748. The lowest BCUT2D eigenvalue weighted by atomic mass is 10.3. The average molecular weight is 207 g/mol. The number of nitrogens with one attached hydrogen (secondary N) is 1. The smallest absolute Gasteiger partial charge is 0.246 e. The predicted octanol–water partition coefficient (Wildman–Crippen LogP) is 1.05. The largest absolute Gasteiger partial charge is 0.352 e. The molecule has 4 heteroatoms. The van der Waals surface area contributed by atoms with Gasteiger partial charge in [-0.1, -0.05) is 6.58 Å². The van der Waals surface area contributed by atoms with Crippen LogP contribution in [-0.2, 0) is 4.79 Å². The van der Waals surface area contributed by atoms with E-state index >= 15 is 0 Å². The molecule has 13 heavy (non-hydrogen) atoms. The van der Waals surface area contributed by atoms with Crippen LogP contribution in [0.25, 0.3) is 0 Å². The number of carbonyl (C=O) groups excluding carboxylic acids is 1. The van der Waals surface area contributed by atoms with Crippen LogP contribution in [0.2, 0.25) is 0 Å². The van der Waals surface area contributed by atoms with E-state index in [0.717, 1.165) is 19.5 Å². The van der Waals surface area contributed by atoms with Crippen LogP contribution in [-0.4, -0.2) is 38.0 Å². The third kappa shape index (κ3) is 9.37. The Hall–Kier alpha value is -0.540. The Morgan fingerprint density at radius 2 is 2.00 bits per heavy atom. The molecule has 0 aromatic rings. The average Bonchev–Trinajstić information content (AvgIpc) is 1.97. The van der Waals surface area contributed by atoms with Crippen LogP contribution in [0.4, 0.5) is 0 Å². The highest BCUT2D eigenvalue weighted by Gasteiger charge is 1.99. The van der Waals surface area contributed by atoms with Gasteiger partial charge in [-0.25, -0.2) is 0 Å². The highest BCUT2D eigenvalue weighted by molar-refractivity contribution is 5.91. The molecule has 1 amide bonds. The highest BCUT2D eigenvalue weighted by Crippen LogP contribution is 1.86. The van der Waals surface area contributed by atoms with E-state index in [1.54, 1.807) is 6.92 Å². The first-order valence-corrected chi connectivity index (χ1v) is 4.12. The van der Waals surface area contributed by atoms with Gasteiger partial charge in [-0.05, 0) is 34.0 Å². The highest BCUT2D eigenvalue weighted by atomic mass is 35.5. The minimum Gasteiger partial charge on any atom is -0.352 e. The summed E-state index contributed by atoms with van der Waals surface area (Å²) in [7, 11) is 4.03. The molecule has 0 saturated carbocycles. The normalized spacial score (nSPS) is 9.23. The van der Waals surface area contributed by atoms with Gasteiger partial charge in [0.15, 0.2) is 0 Å². The Balaban J connectivity index is 0. The first kappa shape index (κ1) is 15.0. The van der Waals surface area contributed by atoms with Crippen molar-refractivity contribution in [2.45, 2.75) is 13.3 Å². The zero-order valence-corrected chi connectivity index (χ0v) is 9.41. The number of rotatable bonds is 5. The molecule has 0 fully saturated rings. The number of hydrogen-bond donors (Lipinski definition) is 1. The molecule has 0 aliphatic rings. The Kier molecular flexibility index (Phi) is 9.29. The molecule has 0 aromatic carbocycles. The van der Waals surface area contributed by atoms with Crippen molar-refractivity contribution < 1.29 is 4.79 Å². The molecular weight excluding hydrogens is 188 g/mol. The molecule has 0 unspecified atom stereocenters. The van der Waals surface area contributed by atoms with Crippen LogP contribution >= 0.6 is 12.4 Å². The van der Waals surface area contributed by atoms with E-state index in [2.05, 4.69) is 16.8 Å². The van der Waals surface area contributed by atoms with Crippen molar-refractivity contribution in [3.05, 3.63) is 12.2 Å². The van der Waals surface area contributed by atoms with E-state index in [4.69, 9.17) is 0 Å². The van der Waals surface area contributed by atoms with Crippen LogP contribution in [0.1, 0.15) is 13.3 Å². The second-order valence-electron chi connectivity index (χ2n) is 3.19. The summed E-state index contributed by atoms with van der Waals surface area (Å²) in [5.74, 6) is -0.0474. The molecule has 0 atom stereocenters. The van der Waals surface area contributed by atoms with E-state index in [9.17, 15) is 4.79 Å². The lowest BCUT2D eigenvalue weighted by Gasteiger charge is -2.09. The number of halogens is 1. The summed E-state index contributed by atoms with van der Waals surface area (Å²) >= 11 is 0. The van der Waals surface area contributed by atoms with Gasteiger partial charge in [0.25, 0.3) is 0 Å². The van der Waals surface area contributed by atoms with Crippen LogP contribution < -0.4 is 5.32 Å². The Morgan fingerprint density at radius 3 is 2.38 bits per heavy atom. The molecule has 0 aliphatic carbocycles. The number of carbonyl (C=O) groups is 1. The number of hydrogen-bond acceptors (Lipinski definition) is 2. The summed E-state index contributed by atoms with van der Waals surface area (Å²) in [4.78, 5) is 13.1. The van der Waals surface area contributed by atoms with Crippen molar-refractivity contribution in [1.82, 2.24) is 10.2 Å². The second-order valence-corrected chi connectivity index (χ2v) is 3.19. The molecular formula is C9H19ClN2O. The molecule has 0 saturated heterocycles. The zero-order valence-electron chi connectivity index (χ0n) is 8.59. The summed E-state index contributed by atoms with van der Waals surface area (Å²) in [5, 5.41) is 2.77. The first-order chi connectivity index (χ1) is 5.54. The van der Waals surface area contributed by atoms with Gasteiger partial charge >= 0.3 is 0 Å². The number of amides is 1. The molecule has 0 heterocycles. The van der Waals surface area contributed by atoms with Crippen molar-refractivity contribution in [2.24, 2.45) is 0 Å². The molecule has 0 bridgehead atoms. The maximum absolute atomic E-state index is 11.0. The topological polar surface area (TPSA) is 32.3 Å². The van der Waals surface area contributed by atoms with Crippen molar-refractivity contribution in [3.8, 4) is 0 Å². The van der Waals surface area contributed by atoms with Gasteiger partial charge < -0.3 is 10.2 Å². The molecule has 0 aliphatic heterocycles. The predicted molar refractivity (Wildman–Crippen MR) is 58.2 cm³/mol. The van der Waals surface area contributed by atoms with Crippen LogP contribution in [0, 0.1) is 0 Å². The summed E-state index contributed by atoms with van der Waals surface area (Å²) in [6.45, 7) is 6.98. The van der Waals surface area contributed by atoms with Crippen LogP contribution in [0.3, 0.4) is 0 Å². The Morgan fingerprint density at radius 1 is 1.46 bits per heavy atom. The van der Waals surface area contributed by atoms with Crippen molar-refractivity contribution in [1.29, 1.82) is 0 Å². The van der Waals surface area contributed by atoms with Gasteiger partial charge in [0.05, 0.1) is 0 Å². The van der Waals surface area contributed by atoms with E-state index in [0.29, 0.717) is 5.57 Å². The summed E-state index contributed by atoms with van der Waals surface area (Å²) < 4.78 is 0. The van der Waals surface area contributed by atoms with Crippen LogP contribution in [0.15, 0.2) is 12.2 Å². The van der Waals surface area contributed by atoms with Crippen molar-refractivity contribution in [2.75, 3.05) is 27.2 Å². The Bertz CT molecular complexity index is 169. The van der Waals surface area contributed by atoms with Crippen LogP contribution in [0.5, 0.6) is 0 Å². The summed E-state index contributed by atoms with van der Waals surface area (Å²) in [5.41, 5.74) is 0.569. The maximum atomic E-state index is 11.0. The van der Waals surface area contributed by atoms with E-state index in [-0.39, 0.29) is 18.3 Å². The van der Waals surface area contributed by atoms with E-state index < -0.39 is 0 Å². The summed E-state index contributed by atoms with van der Waals surface area (Å²) in [6.07, 6.45) is 0.978. The monoisotopic (exact) mass is 206 g/mol. The summed E-state index contributed by atoms with van der Waals surface area (Å²) in [6, 6.07) is 0. The van der Waals surface area contributed by atoms with E-state index in [1.165, 1.54) is 0 Å². The third-order valence-electron chi connectivity index (χ3n) is 1.46. The fraction of sp³-hybridized carbons (Fsp3) is 0.667. The maximum Gasteiger partial charge on any atom is 0.246 e. The molecule has 0 aromatic heterocycles. The molecule has 0 rings (SSSR count). The molecule has 78 valence electrons. The molecule has 0 radical (unpaired) electrons. The third-order valence-corrected chi connectivity index (χ3v) is 1.46. The minimum absolute atomic E-state index is 0. The zero-order chi connectivity index (χ0) is 9.56. The van der Waals surface area contributed by atoms with Crippen molar-refractivity contribution >= 4 is 18.3 Å². The van der Waals surface area contributed by atoms with Gasteiger partial charge in [-0.15, -0.1) is 12.4 Å². The van der Waals surface area contributed by atoms with Gasteiger partial charge in [0.1, 0.15) is 0 Å². The molecule has 0 spiro atoms. The van der Waals surface area contributed by atoms with Gasteiger partial charge in [0, 0.05) is 12.1 Å². The van der Waals surface area contributed by atoms with E-state index in [1.807, 2.05) is 14.1 Å². The quantitative estimate of drug-likeness (QED) is 0.539. The minimum atomic E-state index is -0.0474. The van der Waals surface area contributed by atoms with Gasteiger partial charge in [0.2, 0.25) is 5.91 Å². The lowest BCUT2D eigenvalue weighted by molar-refractivity contribution is -0.117. The first-order valence-electron chi connectivity index (χ1n) is 4.12. The van der Waals surface area contributed by atoms with Gasteiger partial charge in [-0.2, -0.15) is 0 Å². The SMILES string of the molecule is C=C(C)C(=O)NCCCN(C)C.Cl. The van der Waals surface area contributed by atoms with Crippen molar-refractivity contribution in [3.63, 3.8) is 0 Å². The number of nitrogens with zero attached hydrogens (tertiary/aromatic N) is 1. The van der Waals surface area contributed by atoms with Gasteiger partial charge in [-0.3, -0.25) is 4.79 Å². The molecule has 3 nitrogen and oxygen atoms in total. The Labute approximate surface area is 86.6 Å². The fourth-order valence-electron chi connectivity index (χ4n) is 0.748. The second kappa shape index (κ2) is 8.08. The standard InChI is InChI=1S/C9H18N2O.ClH/c1-8(2)9(12)10-6-5-7-11(3)4;/h1,5-7H2,2-4H3,(H,10,12);1H. The lowest BCUT2D eigenvalue weighted by Crippen LogP contribution is -2.27. The molecule has 1 N–H and O–H groups in total.